The van der Waals surface area contributed by atoms with Gasteiger partial charge in [0.05, 0.1) is 17.5 Å². The molecule has 2 aromatic carbocycles. The average Bonchev–Trinajstić information content (AvgIpc) is 3.75. The van der Waals surface area contributed by atoms with Gasteiger partial charge in [0.1, 0.15) is 29.3 Å². The normalized spacial score (nSPS) is 18.1. The second kappa shape index (κ2) is 15.3. The van der Waals surface area contributed by atoms with E-state index >= 15 is 0 Å². The van der Waals surface area contributed by atoms with Crippen molar-refractivity contribution in [3.05, 3.63) is 82.1 Å². The number of para-hydroxylation sites is 1. The Labute approximate surface area is 300 Å². The van der Waals surface area contributed by atoms with Gasteiger partial charge in [-0.3, -0.25) is 14.4 Å². The van der Waals surface area contributed by atoms with Gasteiger partial charge < -0.3 is 30.6 Å². The third-order valence-corrected chi connectivity index (χ3v) is 10.0. The van der Waals surface area contributed by atoms with E-state index in [9.17, 15) is 46.2 Å². The fourth-order valence-electron chi connectivity index (χ4n) is 6.58. The van der Waals surface area contributed by atoms with Gasteiger partial charge in [-0.1, -0.05) is 58.7 Å². The number of aryl methyl sites for hydroxylation is 1. The Hall–Kier alpha value is -5.35. The zero-order chi connectivity index (χ0) is 38.8. The molecular formula is C36H39F5N6O6. The van der Waals surface area contributed by atoms with Crippen LogP contribution in [-0.4, -0.2) is 55.5 Å². The number of carbonyl (C=O) groups excluding carboxylic acids is 3. The largest absolute Gasteiger partial charge is 0.475 e. The number of hydrogen-bond donors (Lipinski definition) is 5. The van der Waals surface area contributed by atoms with E-state index in [1.165, 1.54) is 12.1 Å². The lowest BCUT2D eigenvalue weighted by atomic mass is 9.78. The monoisotopic (exact) mass is 746 g/mol. The number of alkyl halides is 3. The maximum Gasteiger partial charge on any atom is 0.418 e. The molecule has 53 heavy (non-hydrogen) atoms. The Morgan fingerprint density at radius 2 is 1.66 bits per heavy atom. The lowest BCUT2D eigenvalue weighted by Gasteiger charge is -2.39. The predicted octanol–water partition coefficient (Wildman–Crippen LogP) is 5.57. The van der Waals surface area contributed by atoms with Crippen molar-refractivity contribution in [1.29, 1.82) is 0 Å². The number of halogens is 5. The van der Waals surface area contributed by atoms with Crippen LogP contribution in [0.25, 0.3) is 10.9 Å². The smallest absolute Gasteiger partial charge is 0.418 e. The molecule has 5 rings (SSSR count). The SMILES string of the molecule is CCC(C)[C@H](NC(=O)Cc1c(F)cccc1F)C(=O)N[C@]1(C(=O)N[C@H](c2nc(C(=O)O)no2)C(C)CC)CCc2[nH]c3c(C(F)(F)F)cccc3c2C1. The highest BCUT2D eigenvalue weighted by atomic mass is 19.4. The van der Waals surface area contributed by atoms with Crippen molar-refractivity contribution in [2.24, 2.45) is 11.8 Å². The van der Waals surface area contributed by atoms with Crippen molar-refractivity contribution < 1.29 is 50.8 Å². The van der Waals surface area contributed by atoms with Crippen LogP contribution in [0.15, 0.2) is 40.9 Å². The van der Waals surface area contributed by atoms with Gasteiger partial charge in [-0.15, -0.1) is 0 Å². The number of fused-ring (bicyclic) bond motifs is 3. The number of benzene rings is 2. The fourth-order valence-corrected chi connectivity index (χ4v) is 6.58. The van der Waals surface area contributed by atoms with Crippen molar-refractivity contribution in [1.82, 2.24) is 31.1 Å². The third kappa shape index (κ3) is 8.03. The summed E-state index contributed by atoms with van der Waals surface area (Å²) < 4.78 is 76.0. The number of H-pyrrole nitrogens is 1. The predicted molar refractivity (Wildman–Crippen MR) is 179 cm³/mol. The zero-order valence-electron chi connectivity index (χ0n) is 29.3. The van der Waals surface area contributed by atoms with E-state index < -0.39 is 94.3 Å². The lowest BCUT2D eigenvalue weighted by Crippen LogP contribution is -2.65. The Morgan fingerprint density at radius 3 is 2.26 bits per heavy atom. The molecule has 5 atom stereocenters. The van der Waals surface area contributed by atoms with Crippen LogP contribution in [-0.2, 0) is 39.8 Å². The summed E-state index contributed by atoms with van der Waals surface area (Å²) in [6.07, 6.45) is -4.95. The molecule has 0 fully saturated rings. The number of nitrogens with one attached hydrogen (secondary N) is 4. The molecule has 4 aromatic rings. The van der Waals surface area contributed by atoms with E-state index in [0.717, 1.165) is 24.3 Å². The second-order valence-corrected chi connectivity index (χ2v) is 13.5. The van der Waals surface area contributed by atoms with Crippen LogP contribution in [0.1, 0.15) is 91.9 Å². The van der Waals surface area contributed by atoms with E-state index in [0.29, 0.717) is 24.1 Å². The highest BCUT2D eigenvalue weighted by Gasteiger charge is 2.47. The van der Waals surface area contributed by atoms with Gasteiger partial charge in [0, 0.05) is 23.1 Å². The molecular weight excluding hydrogens is 707 g/mol. The van der Waals surface area contributed by atoms with Gasteiger partial charge in [-0.25, -0.2) is 13.6 Å². The summed E-state index contributed by atoms with van der Waals surface area (Å²) in [5.41, 5.74) is -2.61. The summed E-state index contributed by atoms with van der Waals surface area (Å²) in [6.45, 7) is 6.96. The zero-order valence-corrected chi connectivity index (χ0v) is 29.3. The third-order valence-electron chi connectivity index (χ3n) is 10.0. The van der Waals surface area contributed by atoms with E-state index in [1.807, 2.05) is 0 Å². The Bertz CT molecular complexity index is 2010. The first kappa shape index (κ1) is 38.9. The number of carboxylic acid groups (broad SMARTS) is 1. The number of aromatic amines is 1. The molecule has 0 radical (unpaired) electrons. The minimum Gasteiger partial charge on any atom is -0.475 e. The molecule has 2 heterocycles. The van der Waals surface area contributed by atoms with Gasteiger partial charge in [0.2, 0.25) is 23.6 Å². The number of hydrogen-bond acceptors (Lipinski definition) is 7. The maximum atomic E-state index is 14.6. The maximum absolute atomic E-state index is 14.6. The Balaban J connectivity index is 1.54. The molecule has 0 saturated carbocycles. The van der Waals surface area contributed by atoms with E-state index in [2.05, 4.69) is 31.1 Å². The van der Waals surface area contributed by atoms with Crippen molar-refractivity contribution >= 4 is 34.6 Å². The van der Waals surface area contributed by atoms with E-state index in [4.69, 9.17) is 4.52 Å². The molecule has 5 N–H and O–H groups in total. The van der Waals surface area contributed by atoms with Crippen LogP contribution in [0.5, 0.6) is 0 Å². The Kier molecular flexibility index (Phi) is 11.2. The molecule has 1 aliphatic rings. The molecule has 2 unspecified atom stereocenters. The number of aromatic carboxylic acids is 1. The highest BCUT2D eigenvalue weighted by molar-refractivity contribution is 5.97. The van der Waals surface area contributed by atoms with Crippen molar-refractivity contribution in [2.75, 3.05) is 0 Å². The van der Waals surface area contributed by atoms with Crippen LogP contribution in [0, 0.1) is 23.5 Å². The quantitative estimate of drug-likeness (QED) is 0.110. The molecule has 0 saturated heterocycles. The molecule has 284 valence electrons. The molecule has 0 spiro atoms. The summed E-state index contributed by atoms with van der Waals surface area (Å²) in [5.74, 6) is -7.62. The fraction of sp³-hybridized carbons (Fsp3) is 0.444. The van der Waals surface area contributed by atoms with Crippen LogP contribution >= 0.6 is 0 Å². The first-order valence-electron chi connectivity index (χ1n) is 17.1. The van der Waals surface area contributed by atoms with Crippen LogP contribution in [0.4, 0.5) is 22.0 Å². The molecule has 17 heteroatoms. The molecule has 0 bridgehead atoms. The topological polar surface area (TPSA) is 179 Å². The van der Waals surface area contributed by atoms with Gasteiger partial charge in [-0.05, 0) is 53.6 Å². The van der Waals surface area contributed by atoms with Crippen molar-refractivity contribution in [3.63, 3.8) is 0 Å². The van der Waals surface area contributed by atoms with E-state index in [-0.39, 0.29) is 36.1 Å². The summed E-state index contributed by atoms with van der Waals surface area (Å²) in [4.78, 5) is 60.3. The standard InChI is InChI=1S/C36H39F5N6O6/c1-5-17(3)27(43-26(48)15-20-23(37)11-8-12-24(20)38)31(49)46-35(34(52)44-28(18(4)6-2)32-45-30(33(50)51)47-53-32)14-13-25-21(16-35)19-9-7-10-22(29(19)42-25)36(39,40)41/h7-12,17-18,27-28,42H,5-6,13-16H2,1-4H3,(H,43,48)(H,44,52)(H,46,49)(H,50,51)/t17?,18?,27-,28-,35+/m0/s1. The Morgan fingerprint density at radius 1 is 1.00 bits per heavy atom. The number of nitrogens with zero attached hydrogens (tertiary/aromatic N) is 2. The number of rotatable bonds is 13. The van der Waals surface area contributed by atoms with Gasteiger partial charge in [0.15, 0.2) is 0 Å². The minimum absolute atomic E-state index is 0.0274. The summed E-state index contributed by atoms with van der Waals surface area (Å²) >= 11 is 0. The summed E-state index contributed by atoms with van der Waals surface area (Å²) in [6, 6.07) is 4.46. The van der Waals surface area contributed by atoms with Crippen molar-refractivity contribution in [2.45, 2.75) is 90.0 Å². The highest BCUT2D eigenvalue weighted by Crippen LogP contribution is 2.40. The first-order valence-corrected chi connectivity index (χ1v) is 17.1. The lowest BCUT2D eigenvalue weighted by molar-refractivity contribution is -0.137. The van der Waals surface area contributed by atoms with Crippen molar-refractivity contribution in [3.8, 4) is 0 Å². The average molecular weight is 747 g/mol. The molecule has 0 aliphatic heterocycles. The minimum atomic E-state index is -4.69. The van der Waals surface area contributed by atoms with E-state index in [1.54, 1.807) is 27.7 Å². The van der Waals surface area contributed by atoms with Gasteiger partial charge in [-0.2, -0.15) is 18.2 Å². The van der Waals surface area contributed by atoms with Gasteiger partial charge in [0.25, 0.3) is 5.82 Å². The van der Waals surface area contributed by atoms with Gasteiger partial charge >= 0.3 is 12.1 Å². The van der Waals surface area contributed by atoms with Crippen LogP contribution in [0.3, 0.4) is 0 Å². The molecule has 1 aliphatic carbocycles. The number of aromatic nitrogens is 3. The van der Waals surface area contributed by atoms with Crippen LogP contribution < -0.4 is 16.0 Å². The summed E-state index contributed by atoms with van der Waals surface area (Å²) in [7, 11) is 0. The first-order chi connectivity index (χ1) is 25.0. The molecule has 2 aromatic heterocycles. The molecule has 3 amide bonds. The second-order valence-electron chi connectivity index (χ2n) is 13.5. The number of carbonyl (C=O) groups is 4. The van der Waals surface area contributed by atoms with Crippen LogP contribution in [0.2, 0.25) is 0 Å². The number of amides is 3. The number of carboxylic acids is 1. The summed E-state index contributed by atoms with van der Waals surface area (Å²) in [5, 5.41) is 21.2. The molecule has 12 nitrogen and oxygen atoms in total.